The molecule has 1 amide bonds. The Labute approximate surface area is 197 Å². The Hall–Kier alpha value is -2.18. The molecule has 2 unspecified atom stereocenters. The van der Waals surface area contributed by atoms with Crippen molar-refractivity contribution in [3.63, 3.8) is 0 Å². The highest BCUT2D eigenvalue weighted by Gasteiger charge is 2.39. The molecule has 0 bridgehead atoms. The first-order chi connectivity index (χ1) is 16.0. The van der Waals surface area contributed by atoms with Crippen LogP contribution in [0.5, 0.6) is 5.75 Å². The minimum Gasteiger partial charge on any atom is -0.492 e. The molecule has 3 aliphatic rings. The molecular weight excluding hydrogens is 416 g/mol. The lowest BCUT2D eigenvalue weighted by Gasteiger charge is -2.34. The van der Waals surface area contributed by atoms with Crippen molar-refractivity contribution in [1.82, 2.24) is 19.6 Å². The SMILES string of the molecule is CC(=O)N1CCN(CCCN2CC3CN(C[C@@H](N)COc4ccc(C#N)cc4)CC3C2)CC1. The highest BCUT2D eigenvalue weighted by molar-refractivity contribution is 5.73. The molecule has 33 heavy (non-hydrogen) atoms. The molecule has 3 fully saturated rings. The number of hydrogen-bond acceptors (Lipinski definition) is 7. The fraction of sp³-hybridized carbons (Fsp3) is 0.680. The van der Waals surface area contributed by atoms with E-state index in [0.29, 0.717) is 12.2 Å². The second-order valence-electron chi connectivity index (χ2n) is 9.91. The van der Waals surface area contributed by atoms with E-state index in [0.717, 1.165) is 69.9 Å². The average Bonchev–Trinajstić information content (AvgIpc) is 3.36. The number of benzene rings is 1. The van der Waals surface area contributed by atoms with Gasteiger partial charge in [-0.15, -0.1) is 0 Å². The number of carbonyl (C=O) groups is 1. The molecule has 0 radical (unpaired) electrons. The molecular formula is C25H38N6O2. The van der Waals surface area contributed by atoms with Crippen LogP contribution < -0.4 is 10.5 Å². The van der Waals surface area contributed by atoms with E-state index in [-0.39, 0.29) is 11.9 Å². The van der Waals surface area contributed by atoms with Crippen molar-refractivity contribution in [1.29, 1.82) is 5.26 Å². The Morgan fingerprint density at radius 2 is 1.64 bits per heavy atom. The predicted molar refractivity (Wildman–Crippen MR) is 128 cm³/mol. The third-order valence-electron chi connectivity index (χ3n) is 7.34. The minimum atomic E-state index is -0.0148. The summed E-state index contributed by atoms with van der Waals surface area (Å²) in [5, 5.41) is 8.88. The van der Waals surface area contributed by atoms with E-state index in [2.05, 4.69) is 20.8 Å². The summed E-state index contributed by atoms with van der Waals surface area (Å²) in [6, 6.07) is 9.29. The number of ether oxygens (including phenoxy) is 1. The number of hydrogen-bond donors (Lipinski definition) is 1. The van der Waals surface area contributed by atoms with Crippen LogP contribution in [0.1, 0.15) is 18.9 Å². The summed E-state index contributed by atoms with van der Waals surface area (Å²) in [6.07, 6.45) is 1.21. The van der Waals surface area contributed by atoms with Gasteiger partial charge in [-0.1, -0.05) is 0 Å². The Balaban J connectivity index is 1.09. The van der Waals surface area contributed by atoms with E-state index >= 15 is 0 Å². The van der Waals surface area contributed by atoms with Crippen molar-refractivity contribution in [2.75, 3.05) is 78.6 Å². The van der Waals surface area contributed by atoms with Crippen molar-refractivity contribution < 1.29 is 9.53 Å². The molecule has 0 spiro atoms. The zero-order valence-corrected chi connectivity index (χ0v) is 19.9. The number of amides is 1. The van der Waals surface area contributed by atoms with Gasteiger partial charge in [0.05, 0.1) is 17.7 Å². The summed E-state index contributed by atoms with van der Waals surface area (Å²) >= 11 is 0. The lowest BCUT2D eigenvalue weighted by atomic mass is 10.0. The molecule has 1 aromatic carbocycles. The molecule has 1 aromatic rings. The van der Waals surface area contributed by atoms with Crippen LogP contribution in [0.25, 0.3) is 0 Å². The molecule has 3 heterocycles. The molecule has 3 atom stereocenters. The Morgan fingerprint density at radius 3 is 2.24 bits per heavy atom. The van der Waals surface area contributed by atoms with Crippen molar-refractivity contribution in [2.24, 2.45) is 17.6 Å². The standard InChI is InChI=1S/C25H38N6O2/c1-20(32)31-11-9-28(10-12-31)7-2-8-29-14-22-16-30(17-23(22)15-29)18-24(27)19-33-25-5-3-21(13-26)4-6-25/h3-6,22-24H,2,7-12,14-19,27H2,1H3/t22?,23?,24-/m1/s1. The Kier molecular flexibility index (Phi) is 8.20. The van der Waals surface area contributed by atoms with Crippen LogP contribution in [0.4, 0.5) is 0 Å². The van der Waals surface area contributed by atoms with E-state index < -0.39 is 0 Å². The number of likely N-dealkylation sites (tertiary alicyclic amines) is 2. The third kappa shape index (κ3) is 6.67. The summed E-state index contributed by atoms with van der Waals surface area (Å²) in [4.78, 5) is 21.1. The number of piperazine rings is 1. The number of fused-ring (bicyclic) bond motifs is 1. The second-order valence-corrected chi connectivity index (χ2v) is 9.91. The number of nitrogens with two attached hydrogens (primary N) is 1. The second kappa shape index (κ2) is 11.3. The van der Waals surface area contributed by atoms with Crippen LogP contribution in [-0.2, 0) is 4.79 Å². The van der Waals surface area contributed by atoms with Crippen LogP contribution >= 0.6 is 0 Å². The lowest BCUT2D eigenvalue weighted by molar-refractivity contribution is -0.130. The predicted octanol–water partition coefficient (Wildman–Crippen LogP) is 0.682. The molecule has 2 N–H and O–H groups in total. The van der Waals surface area contributed by atoms with Gasteiger partial charge in [0.2, 0.25) is 5.91 Å². The molecule has 8 heteroatoms. The summed E-state index contributed by atoms with van der Waals surface area (Å²) in [7, 11) is 0. The molecule has 3 aliphatic heterocycles. The molecule has 4 rings (SSSR count). The number of nitriles is 1. The van der Waals surface area contributed by atoms with Crippen molar-refractivity contribution >= 4 is 5.91 Å². The van der Waals surface area contributed by atoms with E-state index in [4.69, 9.17) is 15.7 Å². The van der Waals surface area contributed by atoms with Crippen LogP contribution in [0.2, 0.25) is 0 Å². The monoisotopic (exact) mass is 454 g/mol. The van der Waals surface area contributed by atoms with Crippen molar-refractivity contribution in [3.8, 4) is 11.8 Å². The largest absolute Gasteiger partial charge is 0.492 e. The Bertz CT molecular complexity index is 803. The summed E-state index contributed by atoms with van der Waals surface area (Å²) in [5.41, 5.74) is 6.98. The van der Waals surface area contributed by atoms with Gasteiger partial charge >= 0.3 is 0 Å². The van der Waals surface area contributed by atoms with Gasteiger partial charge < -0.3 is 25.2 Å². The fourth-order valence-corrected chi connectivity index (χ4v) is 5.54. The van der Waals surface area contributed by atoms with Gasteiger partial charge in [-0.3, -0.25) is 9.69 Å². The first-order valence-corrected chi connectivity index (χ1v) is 12.3. The van der Waals surface area contributed by atoms with Gasteiger partial charge in [-0.05, 0) is 55.6 Å². The van der Waals surface area contributed by atoms with E-state index in [1.54, 1.807) is 19.1 Å². The first-order valence-electron chi connectivity index (χ1n) is 12.3. The topological polar surface area (TPSA) is 89.1 Å². The summed E-state index contributed by atoms with van der Waals surface area (Å²) < 4.78 is 5.81. The van der Waals surface area contributed by atoms with Crippen LogP contribution in [0, 0.1) is 23.2 Å². The summed E-state index contributed by atoms with van der Waals surface area (Å²) in [5.74, 6) is 2.48. The fourth-order valence-electron chi connectivity index (χ4n) is 5.54. The van der Waals surface area contributed by atoms with Gasteiger partial charge in [0.25, 0.3) is 0 Å². The highest BCUT2D eigenvalue weighted by Crippen LogP contribution is 2.31. The number of carbonyl (C=O) groups excluding carboxylic acids is 1. The van der Waals surface area contributed by atoms with Gasteiger partial charge in [0.1, 0.15) is 12.4 Å². The van der Waals surface area contributed by atoms with Crippen molar-refractivity contribution in [2.45, 2.75) is 19.4 Å². The van der Waals surface area contributed by atoms with E-state index in [1.165, 1.54) is 26.1 Å². The van der Waals surface area contributed by atoms with Crippen LogP contribution in [0.3, 0.4) is 0 Å². The molecule has 180 valence electrons. The van der Waals surface area contributed by atoms with Crippen LogP contribution in [0.15, 0.2) is 24.3 Å². The van der Waals surface area contributed by atoms with E-state index in [1.807, 2.05) is 17.0 Å². The van der Waals surface area contributed by atoms with Crippen molar-refractivity contribution in [3.05, 3.63) is 29.8 Å². The van der Waals surface area contributed by atoms with Gasteiger partial charge in [0.15, 0.2) is 0 Å². The maximum Gasteiger partial charge on any atom is 0.219 e. The smallest absolute Gasteiger partial charge is 0.219 e. The minimum absolute atomic E-state index is 0.0148. The maximum absolute atomic E-state index is 11.5. The molecule has 3 saturated heterocycles. The summed E-state index contributed by atoms with van der Waals surface area (Å²) in [6.45, 7) is 13.8. The third-order valence-corrected chi connectivity index (χ3v) is 7.34. The van der Waals surface area contributed by atoms with Gasteiger partial charge in [-0.2, -0.15) is 5.26 Å². The van der Waals surface area contributed by atoms with Gasteiger partial charge in [-0.25, -0.2) is 0 Å². The number of nitrogens with zero attached hydrogens (tertiary/aromatic N) is 5. The molecule has 0 saturated carbocycles. The first kappa shape index (κ1) is 24.0. The van der Waals surface area contributed by atoms with Crippen LogP contribution in [-0.4, -0.2) is 110 Å². The number of rotatable bonds is 9. The molecule has 8 nitrogen and oxygen atoms in total. The highest BCUT2D eigenvalue weighted by atomic mass is 16.5. The lowest BCUT2D eigenvalue weighted by Crippen LogP contribution is -2.48. The maximum atomic E-state index is 11.5. The zero-order valence-electron chi connectivity index (χ0n) is 19.9. The Morgan fingerprint density at radius 1 is 1.03 bits per heavy atom. The zero-order chi connectivity index (χ0) is 23.2. The normalized spacial score (nSPS) is 25.1. The molecule has 0 aliphatic carbocycles. The average molecular weight is 455 g/mol. The van der Waals surface area contributed by atoms with E-state index in [9.17, 15) is 4.79 Å². The molecule has 0 aromatic heterocycles. The quantitative estimate of drug-likeness (QED) is 0.587. The van der Waals surface area contributed by atoms with Gasteiger partial charge in [0, 0.05) is 65.8 Å².